The number of fused-ring (bicyclic) bond motifs is 5. The fourth-order valence-corrected chi connectivity index (χ4v) is 8.53. The lowest BCUT2D eigenvalue weighted by Crippen LogP contribution is -2.30. The van der Waals surface area contributed by atoms with Crippen LogP contribution in [0.1, 0.15) is 64.3 Å². The third kappa shape index (κ3) is 4.53. The first-order chi connectivity index (χ1) is 19.2. The minimum Gasteiger partial charge on any atom is -0.496 e. The maximum atomic E-state index is 14.2. The van der Waals surface area contributed by atoms with Gasteiger partial charge in [0.2, 0.25) is 0 Å². The predicted octanol–water partition coefficient (Wildman–Crippen LogP) is 8.24. The van der Waals surface area contributed by atoms with E-state index in [4.69, 9.17) is 16.3 Å². The monoisotopic (exact) mass is 574 g/mol. The number of rotatable bonds is 5. The summed E-state index contributed by atoms with van der Waals surface area (Å²) in [5, 5.41) is -0.429. The molecule has 0 aliphatic heterocycles. The summed E-state index contributed by atoms with van der Waals surface area (Å²) in [5.74, 6) is 0.224. The van der Waals surface area contributed by atoms with E-state index in [0.29, 0.717) is 30.0 Å². The van der Waals surface area contributed by atoms with Gasteiger partial charge in [-0.1, -0.05) is 66.2 Å². The zero-order valence-corrected chi connectivity index (χ0v) is 24.4. The van der Waals surface area contributed by atoms with Gasteiger partial charge in [-0.3, -0.25) is 0 Å². The summed E-state index contributed by atoms with van der Waals surface area (Å²) in [6.45, 7) is 3.55. The Morgan fingerprint density at radius 3 is 2.33 bits per heavy atom. The molecule has 0 heterocycles. The van der Waals surface area contributed by atoms with Gasteiger partial charge >= 0.3 is 0 Å². The lowest BCUT2D eigenvalue weighted by molar-refractivity contribution is 0.392. The molecule has 2 aliphatic rings. The van der Waals surface area contributed by atoms with Crippen molar-refractivity contribution in [3.63, 3.8) is 0 Å². The second-order valence-electron chi connectivity index (χ2n) is 11.2. The van der Waals surface area contributed by atoms with Crippen molar-refractivity contribution in [1.82, 2.24) is 0 Å². The van der Waals surface area contributed by atoms with Crippen molar-refractivity contribution in [2.45, 2.75) is 55.4 Å². The Labute approximate surface area is 240 Å². The first-order valence-electron chi connectivity index (χ1n) is 13.7. The number of benzene rings is 4. The fraction of sp³-hybridized carbons (Fsp3) is 0.294. The molecule has 3 atom stereocenters. The van der Waals surface area contributed by atoms with Crippen molar-refractivity contribution in [2.75, 3.05) is 7.11 Å². The highest BCUT2D eigenvalue weighted by molar-refractivity contribution is 7.92. The minimum absolute atomic E-state index is 0.0123. The van der Waals surface area contributed by atoms with Gasteiger partial charge in [0.25, 0.3) is 0 Å². The molecule has 6 rings (SSSR count). The third-order valence-electron chi connectivity index (χ3n) is 8.79. The number of hydrogen-bond acceptors (Lipinski definition) is 3. The van der Waals surface area contributed by atoms with Crippen molar-refractivity contribution >= 4 is 21.4 Å². The molecule has 2 aliphatic carbocycles. The summed E-state index contributed by atoms with van der Waals surface area (Å²) in [7, 11) is -1.87. The molecule has 3 unspecified atom stereocenters. The van der Waals surface area contributed by atoms with Gasteiger partial charge < -0.3 is 4.74 Å². The van der Waals surface area contributed by atoms with Gasteiger partial charge in [-0.15, -0.1) is 0 Å². The average Bonchev–Trinajstić information content (AvgIpc) is 2.96. The SMILES string of the molecule is COc1cc(F)ccc1C1Cc2ccc3c(c2CC1c1ccc(Cl)cc1)C(S(=O)(=O)C(C)C)Cc1ccccc1-3. The summed E-state index contributed by atoms with van der Waals surface area (Å²) in [5.41, 5.74) is 8.48. The van der Waals surface area contributed by atoms with Gasteiger partial charge in [-0.2, -0.15) is 0 Å². The van der Waals surface area contributed by atoms with Crippen LogP contribution < -0.4 is 4.74 Å². The molecular weight excluding hydrogens is 543 g/mol. The van der Waals surface area contributed by atoms with Crippen molar-refractivity contribution < 1.29 is 17.5 Å². The summed E-state index contributed by atoms with van der Waals surface area (Å²) >= 11 is 6.26. The van der Waals surface area contributed by atoms with Gasteiger partial charge in [0.15, 0.2) is 9.84 Å². The van der Waals surface area contributed by atoms with E-state index in [1.54, 1.807) is 21.0 Å². The number of hydrogen-bond donors (Lipinski definition) is 0. The van der Waals surface area contributed by atoms with E-state index in [1.165, 1.54) is 12.1 Å². The Hall–Kier alpha value is -3.15. The van der Waals surface area contributed by atoms with Crippen LogP contribution in [0.2, 0.25) is 5.02 Å². The summed E-state index contributed by atoms with van der Waals surface area (Å²) < 4.78 is 47.6. The molecule has 0 radical (unpaired) electrons. The zero-order chi connectivity index (χ0) is 28.2. The van der Waals surface area contributed by atoms with Crippen LogP contribution in [0.5, 0.6) is 5.75 Å². The molecule has 0 saturated heterocycles. The largest absolute Gasteiger partial charge is 0.496 e. The van der Waals surface area contributed by atoms with Gasteiger partial charge in [-0.05, 0) is 108 Å². The van der Waals surface area contributed by atoms with Crippen LogP contribution in [0.3, 0.4) is 0 Å². The molecule has 4 aromatic carbocycles. The molecule has 4 aromatic rings. The van der Waals surface area contributed by atoms with Crippen LogP contribution >= 0.6 is 11.6 Å². The molecule has 0 saturated carbocycles. The molecule has 3 nitrogen and oxygen atoms in total. The van der Waals surface area contributed by atoms with Crippen molar-refractivity contribution in [1.29, 1.82) is 0 Å². The maximum absolute atomic E-state index is 14.2. The van der Waals surface area contributed by atoms with Crippen LogP contribution in [0.25, 0.3) is 11.1 Å². The standard InChI is InChI=1S/C34H32ClFO3S/c1-20(2)40(37,38)33-17-22-6-4-5-7-26(22)28-14-10-23-16-31(27-15-13-25(36)18-32(27)39-3)29(19-30(23)34(28)33)21-8-11-24(35)12-9-21/h4-15,18,20,29,31,33H,16-17,19H2,1-3H3. The Morgan fingerprint density at radius 2 is 1.60 bits per heavy atom. The molecule has 0 N–H and O–H groups in total. The summed E-state index contributed by atoms with van der Waals surface area (Å²) in [4.78, 5) is 0. The predicted molar refractivity (Wildman–Crippen MR) is 160 cm³/mol. The van der Waals surface area contributed by atoms with Crippen LogP contribution in [-0.4, -0.2) is 20.8 Å². The maximum Gasteiger partial charge on any atom is 0.159 e. The molecule has 0 bridgehead atoms. The molecular formula is C34H32ClFO3S. The van der Waals surface area contributed by atoms with E-state index in [0.717, 1.165) is 44.5 Å². The van der Waals surface area contributed by atoms with E-state index < -0.39 is 20.3 Å². The first-order valence-corrected chi connectivity index (χ1v) is 15.7. The molecule has 0 spiro atoms. The van der Waals surface area contributed by atoms with E-state index in [1.807, 2.05) is 48.5 Å². The number of ether oxygens (including phenoxy) is 1. The van der Waals surface area contributed by atoms with Gasteiger partial charge in [-0.25, -0.2) is 12.8 Å². The Bertz CT molecular complexity index is 1700. The summed E-state index contributed by atoms with van der Waals surface area (Å²) in [6.07, 6.45) is 1.83. The number of methoxy groups -OCH3 is 1. The molecule has 0 amide bonds. The quantitative estimate of drug-likeness (QED) is 0.241. The topological polar surface area (TPSA) is 43.4 Å². The van der Waals surface area contributed by atoms with Crippen LogP contribution in [0, 0.1) is 5.82 Å². The van der Waals surface area contributed by atoms with Crippen molar-refractivity contribution in [3.05, 3.63) is 123 Å². The van der Waals surface area contributed by atoms with E-state index in [2.05, 4.69) is 18.2 Å². The first kappa shape index (κ1) is 27.0. The molecule has 40 heavy (non-hydrogen) atoms. The Balaban J connectivity index is 1.58. The van der Waals surface area contributed by atoms with Crippen LogP contribution in [-0.2, 0) is 29.1 Å². The normalized spacial score (nSPS) is 20.0. The second-order valence-corrected chi connectivity index (χ2v) is 14.3. The Morgan fingerprint density at radius 1 is 0.850 bits per heavy atom. The highest BCUT2D eigenvalue weighted by Crippen LogP contribution is 2.52. The highest BCUT2D eigenvalue weighted by Gasteiger charge is 2.41. The number of sulfone groups is 1. The van der Waals surface area contributed by atoms with Crippen molar-refractivity contribution in [3.8, 4) is 16.9 Å². The number of halogens is 2. The third-order valence-corrected chi connectivity index (χ3v) is 11.5. The zero-order valence-electron chi connectivity index (χ0n) is 22.8. The van der Waals surface area contributed by atoms with Gasteiger partial charge in [0.1, 0.15) is 11.6 Å². The smallest absolute Gasteiger partial charge is 0.159 e. The molecule has 0 fully saturated rings. The van der Waals surface area contributed by atoms with Crippen LogP contribution in [0.15, 0.2) is 78.9 Å². The minimum atomic E-state index is -3.44. The van der Waals surface area contributed by atoms with Crippen molar-refractivity contribution in [2.24, 2.45) is 0 Å². The lowest BCUT2D eigenvalue weighted by atomic mass is 9.67. The van der Waals surface area contributed by atoms with Gasteiger partial charge in [0.05, 0.1) is 17.6 Å². The highest BCUT2D eigenvalue weighted by atomic mass is 35.5. The van der Waals surface area contributed by atoms with E-state index in [9.17, 15) is 12.8 Å². The van der Waals surface area contributed by atoms with E-state index in [-0.39, 0.29) is 17.7 Å². The molecule has 0 aromatic heterocycles. The van der Waals surface area contributed by atoms with Gasteiger partial charge in [0, 0.05) is 11.1 Å². The fourth-order valence-electron chi connectivity index (χ4n) is 6.74. The van der Waals surface area contributed by atoms with E-state index >= 15 is 0 Å². The average molecular weight is 575 g/mol. The second kappa shape index (κ2) is 10.4. The van der Waals surface area contributed by atoms with Crippen LogP contribution in [0.4, 0.5) is 4.39 Å². The molecule has 206 valence electrons. The lowest BCUT2D eigenvalue weighted by Gasteiger charge is -2.39. The molecule has 6 heteroatoms. The summed E-state index contributed by atoms with van der Waals surface area (Å²) in [6, 6.07) is 25.1. The Kier molecular flexibility index (Phi) is 7.00.